The minimum absolute atomic E-state index is 0.0101. The summed E-state index contributed by atoms with van der Waals surface area (Å²) in [5.74, 6) is -5.53. The van der Waals surface area contributed by atoms with E-state index < -0.39 is 59.6 Å². The predicted octanol–water partition coefficient (Wildman–Crippen LogP) is 2.96. The van der Waals surface area contributed by atoms with Crippen LogP contribution in [0.4, 0.5) is 8.78 Å². The van der Waals surface area contributed by atoms with Crippen LogP contribution in [0.3, 0.4) is 0 Å². The number of amides is 3. The largest absolute Gasteiger partial charge is 0.507 e. The summed E-state index contributed by atoms with van der Waals surface area (Å²) < 4.78 is 33.2. The molecule has 3 atom stereocenters. The lowest BCUT2D eigenvalue weighted by atomic mass is 9.95. The Bertz CT molecular complexity index is 1440. The average Bonchev–Trinajstić information content (AvgIpc) is 3.54. The van der Waals surface area contributed by atoms with Gasteiger partial charge in [0.25, 0.3) is 5.91 Å². The molecule has 1 aliphatic rings. The van der Waals surface area contributed by atoms with E-state index in [9.17, 15) is 33.1 Å². The number of carbonyl (C=O) groups is 4. The van der Waals surface area contributed by atoms with Crippen molar-refractivity contribution in [1.29, 1.82) is 0 Å². The van der Waals surface area contributed by atoms with Gasteiger partial charge in [0.05, 0.1) is 6.04 Å². The van der Waals surface area contributed by atoms with Crippen molar-refractivity contribution < 1.29 is 37.8 Å². The maximum absolute atomic E-state index is 14.0. The molecule has 5 N–H and O–H groups in total. The Labute approximate surface area is 234 Å². The van der Waals surface area contributed by atoms with Crippen LogP contribution in [-0.4, -0.2) is 58.8 Å². The number of aromatic amines is 1. The number of halogens is 2. The van der Waals surface area contributed by atoms with E-state index in [0.717, 1.165) is 18.2 Å². The maximum Gasteiger partial charge on any atom is 0.268 e. The van der Waals surface area contributed by atoms with E-state index in [1.54, 1.807) is 12.1 Å². The van der Waals surface area contributed by atoms with Gasteiger partial charge in [-0.25, -0.2) is 8.78 Å². The SMILES string of the molecule is CC(C)C[C@H](NC(=O)c1cc2c(O)cccc2[nH]1)C(=O)N[C@@H](C[C@@H]1CCNC1=O)C(=O)COc1c(F)cccc1F. The zero-order valence-corrected chi connectivity index (χ0v) is 22.6. The van der Waals surface area contributed by atoms with Crippen LogP contribution in [0.15, 0.2) is 42.5 Å². The summed E-state index contributed by atoms with van der Waals surface area (Å²) >= 11 is 0. The van der Waals surface area contributed by atoms with Gasteiger partial charge in [-0.3, -0.25) is 19.2 Å². The lowest BCUT2D eigenvalue weighted by Crippen LogP contribution is -2.53. The molecule has 1 fully saturated rings. The molecule has 1 saturated heterocycles. The minimum Gasteiger partial charge on any atom is -0.507 e. The van der Waals surface area contributed by atoms with Crippen LogP contribution >= 0.6 is 0 Å². The van der Waals surface area contributed by atoms with Crippen molar-refractivity contribution in [3.63, 3.8) is 0 Å². The van der Waals surface area contributed by atoms with Crippen molar-refractivity contribution in [2.75, 3.05) is 13.2 Å². The number of carbonyl (C=O) groups excluding carboxylic acids is 4. The first kappa shape index (κ1) is 29.5. The van der Waals surface area contributed by atoms with Crippen molar-refractivity contribution >= 4 is 34.4 Å². The van der Waals surface area contributed by atoms with E-state index in [1.807, 2.05) is 13.8 Å². The second-order valence-electron chi connectivity index (χ2n) is 10.5. The van der Waals surface area contributed by atoms with Gasteiger partial charge in [-0.05, 0) is 55.5 Å². The second-order valence-corrected chi connectivity index (χ2v) is 10.5. The Morgan fingerprint density at radius 3 is 2.41 bits per heavy atom. The minimum atomic E-state index is -1.22. The van der Waals surface area contributed by atoms with Crippen LogP contribution < -0.4 is 20.7 Å². The molecule has 1 aromatic heterocycles. The summed E-state index contributed by atoms with van der Waals surface area (Å²) in [5, 5.41) is 18.5. The number of ketones is 1. The summed E-state index contributed by atoms with van der Waals surface area (Å²) in [5.41, 5.74) is 0.658. The number of aromatic hydroxyl groups is 1. The van der Waals surface area contributed by atoms with Crippen molar-refractivity contribution in [3.8, 4) is 11.5 Å². The summed E-state index contributed by atoms with van der Waals surface area (Å²) in [6.07, 6.45) is 0.620. The molecule has 4 rings (SSSR count). The van der Waals surface area contributed by atoms with E-state index in [4.69, 9.17) is 4.74 Å². The molecule has 0 bridgehead atoms. The van der Waals surface area contributed by atoms with Crippen LogP contribution in [0, 0.1) is 23.5 Å². The fraction of sp³-hybridized carbons (Fsp3) is 0.379. The molecule has 0 spiro atoms. The molecule has 2 heterocycles. The molecule has 2 aromatic carbocycles. The number of benzene rings is 2. The third-order valence-corrected chi connectivity index (χ3v) is 6.88. The number of fused-ring (bicyclic) bond motifs is 1. The molecule has 0 aliphatic carbocycles. The quantitative estimate of drug-likeness (QED) is 0.226. The first-order valence-corrected chi connectivity index (χ1v) is 13.3. The number of rotatable bonds is 12. The van der Waals surface area contributed by atoms with Crippen LogP contribution in [-0.2, 0) is 14.4 Å². The van der Waals surface area contributed by atoms with Gasteiger partial charge >= 0.3 is 0 Å². The molecule has 12 heteroatoms. The highest BCUT2D eigenvalue weighted by Gasteiger charge is 2.34. The summed E-state index contributed by atoms with van der Waals surface area (Å²) in [6.45, 7) is 3.38. The van der Waals surface area contributed by atoms with Crippen LogP contribution in [0.1, 0.15) is 43.6 Å². The van der Waals surface area contributed by atoms with E-state index in [-0.39, 0.29) is 36.1 Å². The Hall–Kier alpha value is -4.48. The first-order chi connectivity index (χ1) is 19.5. The lowest BCUT2D eigenvalue weighted by Gasteiger charge is -2.25. The second kappa shape index (κ2) is 12.8. The van der Waals surface area contributed by atoms with E-state index in [2.05, 4.69) is 20.9 Å². The van der Waals surface area contributed by atoms with Gasteiger partial charge in [-0.1, -0.05) is 26.0 Å². The molecule has 0 radical (unpaired) electrons. The fourth-order valence-corrected chi connectivity index (χ4v) is 4.76. The summed E-state index contributed by atoms with van der Waals surface area (Å²) in [4.78, 5) is 54.8. The third-order valence-electron chi connectivity index (χ3n) is 6.88. The number of ether oxygens (including phenoxy) is 1. The number of phenols is 1. The van der Waals surface area contributed by atoms with Crippen molar-refractivity contribution in [1.82, 2.24) is 20.9 Å². The molecular formula is C29H32F2N4O6. The zero-order chi connectivity index (χ0) is 29.7. The molecule has 218 valence electrons. The number of nitrogens with one attached hydrogen (secondary N) is 4. The molecule has 41 heavy (non-hydrogen) atoms. The Morgan fingerprint density at radius 1 is 1.07 bits per heavy atom. The summed E-state index contributed by atoms with van der Waals surface area (Å²) in [6, 6.07) is 7.11. The van der Waals surface area contributed by atoms with E-state index >= 15 is 0 Å². The summed E-state index contributed by atoms with van der Waals surface area (Å²) in [7, 11) is 0. The van der Waals surface area contributed by atoms with Gasteiger partial charge < -0.3 is 30.8 Å². The molecule has 0 unspecified atom stereocenters. The third kappa shape index (κ3) is 7.19. The van der Waals surface area contributed by atoms with Crippen LogP contribution in [0.5, 0.6) is 11.5 Å². The number of H-pyrrole nitrogens is 1. The Morgan fingerprint density at radius 2 is 1.78 bits per heavy atom. The molecule has 3 amide bonds. The molecule has 3 aromatic rings. The van der Waals surface area contributed by atoms with Gasteiger partial charge in [0, 0.05) is 23.4 Å². The molecular weight excluding hydrogens is 538 g/mol. The number of para-hydroxylation sites is 1. The topological polar surface area (TPSA) is 150 Å². The highest BCUT2D eigenvalue weighted by Crippen LogP contribution is 2.25. The average molecular weight is 571 g/mol. The van der Waals surface area contributed by atoms with Gasteiger partial charge in [-0.2, -0.15) is 0 Å². The lowest BCUT2D eigenvalue weighted by molar-refractivity contribution is -0.131. The smallest absolute Gasteiger partial charge is 0.268 e. The zero-order valence-electron chi connectivity index (χ0n) is 22.6. The monoisotopic (exact) mass is 570 g/mol. The fourth-order valence-electron chi connectivity index (χ4n) is 4.76. The van der Waals surface area contributed by atoms with E-state index in [1.165, 1.54) is 12.1 Å². The normalized spacial score (nSPS) is 16.3. The predicted molar refractivity (Wildman–Crippen MR) is 145 cm³/mol. The van der Waals surface area contributed by atoms with Crippen molar-refractivity contribution in [3.05, 3.63) is 59.8 Å². The van der Waals surface area contributed by atoms with Gasteiger partial charge in [0.1, 0.15) is 24.1 Å². The van der Waals surface area contributed by atoms with Gasteiger partial charge in [0.2, 0.25) is 11.8 Å². The maximum atomic E-state index is 14.0. The van der Waals surface area contributed by atoms with Crippen molar-refractivity contribution in [2.45, 2.75) is 45.2 Å². The number of hydrogen-bond donors (Lipinski definition) is 5. The number of Topliss-reactive ketones (excluding diaryl/α,β-unsaturated/α-hetero) is 1. The van der Waals surface area contributed by atoms with E-state index in [0.29, 0.717) is 23.9 Å². The van der Waals surface area contributed by atoms with Crippen molar-refractivity contribution in [2.24, 2.45) is 11.8 Å². The first-order valence-electron chi connectivity index (χ1n) is 13.3. The molecule has 1 aliphatic heterocycles. The standard InChI is InChI=1S/C29H32F2N4O6/c1-15(2)11-22(35-29(40)23-13-17-20(33-23)7-4-8-24(17)36)28(39)34-21(12-16-9-10-32-27(16)38)25(37)14-41-26-18(30)5-3-6-19(26)31/h3-8,13,15-16,21-22,33,36H,9-12,14H2,1-2H3,(H,32,38)(H,34,39)(H,35,40)/t16-,21-,22-/m0/s1. The Kier molecular flexibility index (Phi) is 9.21. The van der Waals surface area contributed by atoms with Gasteiger partial charge in [-0.15, -0.1) is 0 Å². The molecule has 10 nitrogen and oxygen atoms in total. The highest BCUT2D eigenvalue weighted by atomic mass is 19.1. The van der Waals surface area contributed by atoms with Crippen LogP contribution in [0.2, 0.25) is 0 Å². The van der Waals surface area contributed by atoms with Crippen LogP contribution in [0.25, 0.3) is 10.9 Å². The Balaban J connectivity index is 1.50. The number of aromatic nitrogens is 1. The van der Waals surface area contributed by atoms with Gasteiger partial charge in [0.15, 0.2) is 23.2 Å². The molecule has 0 saturated carbocycles. The number of hydrogen-bond acceptors (Lipinski definition) is 6. The highest BCUT2D eigenvalue weighted by molar-refractivity contribution is 6.02. The number of phenolic OH excluding ortho intramolecular Hbond substituents is 1.